The fourth-order valence-corrected chi connectivity index (χ4v) is 2.82. The molecule has 1 aromatic rings. The summed E-state index contributed by atoms with van der Waals surface area (Å²) in [6.07, 6.45) is 4.02. The molecule has 0 bridgehead atoms. The molecule has 0 radical (unpaired) electrons. The van der Waals surface area contributed by atoms with Crippen LogP contribution in [0, 0.1) is 5.92 Å². The average molecular weight is 275 g/mol. The normalized spacial score (nSPS) is 15.9. The molecule has 1 fully saturated rings. The van der Waals surface area contributed by atoms with Gasteiger partial charge in [-0.1, -0.05) is 6.92 Å². The number of aromatic nitrogens is 1. The molecule has 14 heavy (non-hydrogen) atoms. The molecule has 1 aromatic heterocycles. The summed E-state index contributed by atoms with van der Waals surface area (Å²) in [6, 6.07) is 0. The van der Waals surface area contributed by atoms with E-state index in [4.69, 9.17) is 0 Å². The van der Waals surface area contributed by atoms with Crippen molar-refractivity contribution in [3.05, 3.63) is 9.98 Å². The minimum absolute atomic E-state index is 0.934. The molecule has 2 rings (SSSR count). The Labute approximate surface area is 97.5 Å². The van der Waals surface area contributed by atoms with Crippen molar-refractivity contribution in [2.45, 2.75) is 26.2 Å². The predicted octanol–water partition coefficient (Wildman–Crippen LogP) is 3.53. The molecule has 1 aliphatic carbocycles. The highest BCUT2D eigenvalue weighted by molar-refractivity contribution is 9.10. The molecule has 0 spiro atoms. The maximum atomic E-state index is 4.47. The number of rotatable bonds is 5. The molecular weight excluding hydrogens is 260 g/mol. The van der Waals surface area contributed by atoms with Gasteiger partial charge in [0.1, 0.15) is 4.60 Å². The van der Waals surface area contributed by atoms with Gasteiger partial charge in [0, 0.05) is 18.5 Å². The third-order valence-corrected chi connectivity index (χ3v) is 4.01. The molecule has 0 atom stereocenters. The van der Waals surface area contributed by atoms with E-state index in [9.17, 15) is 0 Å². The van der Waals surface area contributed by atoms with Crippen LogP contribution >= 0.6 is 27.3 Å². The van der Waals surface area contributed by atoms with Crippen LogP contribution < -0.4 is 4.90 Å². The van der Waals surface area contributed by atoms with Gasteiger partial charge in [0.2, 0.25) is 0 Å². The SMILES string of the molecule is CCCN(CC1CC1)c1nc(Br)cs1. The van der Waals surface area contributed by atoms with Crippen molar-refractivity contribution in [2.75, 3.05) is 18.0 Å². The second-order valence-electron chi connectivity index (χ2n) is 3.84. The Morgan fingerprint density at radius 2 is 2.43 bits per heavy atom. The first-order chi connectivity index (χ1) is 6.79. The van der Waals surface area contributed by atoms with E-state index in [1.54, 1.807) is 11.3 Å². The number of thiazole rings is 1. The van der Waals surface area contributed by atoms with E-state index in [1.165, 1.54) is 30.9 Å². The molecular formula is C10H15BrN2S. The van der Waals surface area contributed by atoms with Crippen LogP contribution in [0.4, 0.5) is 5.13 Å². The minimum atomic E-state index is 0.934. The zero-order chi connectivity index (χ0) is 9.97. The first kappa shape index (κ1) is 10.4. The van der Waals surface area contributed by atoms with E-state index in [-0.39, 0.29) is 0 Å². The first-order valence-electron chi connectivity index (χ1n) is 5.15. The smallest absolute Gasteiger partial charge is 0.186 e. The van der Waals surface area contributed by atoms with Crippen molar-refractivity contribution in [1.82, 2.24) is 4.98 Å². The molecule has 1 saturated carbocycles. The fourth-order valence-electron chi connectivity index (χ4n) is 1.54. The van der Waals surface area contributed by atoms with Crippen LogP contribution in [0.1, 0.15) is 26.2 Å². The monoisotopic (exact) mass is 274 g/mol. The van der Waals surface area contributed by atoms with Gasteiger partial charge in [-0.05, 0) is 41.1 Å². The van der Waals surface area contributed by atoms with Crippen LogP contribution in [-0.2, 0) is 0 Å². The number of hydrogen-bond acceptors (Lipinski definition) is 3. The molecule has 78 valence electrons. The molecule has 0 N–H and O–H groups in total. The molecule has 0 aromatic carbocycles. The summed E-state index contributed by atoms with van der Waals surface area (Å²) < 4.78 is 0.967. The third-order valence-electron chi connectivity index (χ3n) is 2.40. The second kappa shape index (κ2) is 4.62. The van der Waals surface area contributed by atoms with Crippen molar-refractivity contribution in [3.8, 4) is 0 Å². The van der Waals surface area contributed by atoms with Gasteiger partial charge in [-0.3, -0.25) is 0 Å². The Morgan fingerprint density at radius 3 is 2.93 bits per heavy atom. The van der Waals surface area contributed by atoms with Crippen LogP contribution in [-0.4, -0.2) is 18.1 Å². The van der Waals surface area contributed by atoms with Gasteiger partial charge >= 0.3 is 0 Å². The van der Waals surface area contributed by atoms with E-state index in [0.29, 0.717) is 0 Å². The van der Waals surface area contributed by atoms with Gasteiger partial charge in [-0.15, -0.1) is 11.3 Å². The van der Waals surface area contributed by atoms with Gasteiger partial charge in [-0.2, -0.15) is 0 Å². The minimum Gasteiger partial charge on any atom is -0.348 e. The van der Waals surface area contributed by atoms with Gasteiger partial charge in [-0.25, -0.2) is 4.98 Å². The topological polar surface area (TPSA) is 16.1 Å². The summed E-state index contributed by atoms with van der Waals surface area (Å²) in [5.74, 6) is 0.934. The van der Waals surface area contributed by atoms with Crippen LogP contribution in [0.25, 0.3) is 0 Å². The van der Waals surface area contributed by atoms with Crippen LogP contribution in [0.15, 0.2) is 9.98 Å². The molecule has 0 unspecified atom stereocenters. The Hall–Kier alpha value is -0.0900. The van der Waals surface area contributed by atoms with Gasteiger partial charge in [0.25, 0.3) is 0 Å². The number of anilines is 1. The zero-order valence-electron chi connectivity index (χ0n) is 8.37. The lowest BCUT2D eigenvalue weighted by Gasteiger charge is -2.20. The van der Waals surface area contributed by atoms with Gasteiger partial charge in [0.05, 0.1) is 0 Å². The standard InChI is InChI=1S/C10H15BrN2S/c1-2-5-13(6-8-3-4-8)10-12-9(11)7-14-10/h7-8H,2-6H2,1H3. The zero-order valence-corrected chi connectivity index (χ0v) is 10.8. The molecule has 2 nitrogen and oxygen atoms in total. The highest BCUT2D eigenvalue weighted by Gasteiger charge is 2.25. The lowest BCUT2D eigenvalue weighted by Crippen LogP contribution is -2.26. The molecule has 0 saturated heterocycles. The largest absolute Gasteiger partial charge is 0.348 e. The van der Waals surface area contributed by atoms with E-state index >= 15 is 0 Å². The van der Waals surface area contributed by atoms with Crippen LogP contribution in [0.2, 0.25) is 0 Å². The van der Waals surface area contributed by atoms with E-state index < -0.39 is 0 Å². The summed E-state index contributed by atoms with van der Waals surface area (Å²) >= 11 is 5.14. The number of halogens is 1. The summed E-state index contributed by atoms with van der Waals surface area (Å²) in [5.41, 5.74) is 0. The van der Waals surface area contributed by atoms with Crippen molar-refractivity contribution in [1.29, 1.82) is 0 Å². The molecule has 1 heterocycles. The highest BCUT2D eigenvalue weighted by atomic mass is 79.9. The van der Waals surface area contributed by atoms with Gasteiger partial charge < -0.3 is 4.90 Å². The summed E-state index contributed by atoms with van der Waals surface area (Å²) in [7, 11) is 0. The molecule has 0 aliphatic heterocycles. The van der Waals surface area contributed by atoms with E-state index in [1.807, 2.05) is 0 Å². The quantitative estimate of drug-likeness (QED) is 0.817. The van der Waals surface area contributed by atoms with E-state index in [2.05, 4.69) is 38.1 Å². The van der Waals surface area contributed by atoms with Crippen LogP contribution in [0.3, 0.4) is 0 Å². The van der Waals surface area contributed by atoms with Crippen LogP contribution in [0.5, 0.6) is 0 Å². The molecule has 0 amide bonds. The maximum Gasteiger partial charge on any atom is 0.186 e. The Kier molecular flexibility index (Phi) is 3.44. The fraction of sp³-hybridized carbons (Fsp3) is 0.700. The molecule has 1 aliphatic rings. The Bertz CT molecular complexity index is 296. The first-order valence-corrected chi connectivity index (χ1v) is 6.83. The summed E-state index contributed by atoms with van der Waals surface area (Å²) in [6.45, 7) is 4.56. The lowest BCUT2D eigenvalue weighted by atomic mass is 10.3. The van der Waals surface area contributed by atoms with Crippen molar-refractivity contribution < 1.29 is 0 Å². The molecule has 4 heteroatoms. The summed E-state index contributed by atoms with van der Waals surface area (Å²) in [4.78, 5) is 6.90. The van der Waals surface area contributed by atoms with E-state index in [0.717, 1.165) is 17.1 Å². The second-order valence-corrected chi connectivity index (χ2v) is 5.49. The number of nitrogens with zero attached hydrogens (tertiary/aromatic N) is 2. The Balaban J connectivity index is 2.00. The maximum absolute atomic E-state index is 4.47. The Morgan fingerprint density at radius 1 is 1.64 bits per heavy atom. The highest BCUT2D eigenvalue weighted by Crippen LogP contribution is 2.32. The predicted molar refractivity (Wildman–Crippen MR) is 65.0 cm³/mol. The van der Waals surface area contributed by atoms with Gasteiger partial charge in [0.15, 0.2) is 5.13 Å². The van der Waals surface area contributed by atoms with Crippen molar-refractivity contribution in [2.24, 2.45) is 5.92 Å². The van der Waals surface area contributed by atoms with Crippen molar-refractivity contribution >= 4 is 32.4 Å². The van der Waals surface area contributed by atoms with Crippen molar-refractivity contribution in [3.63, 3.8) is 0 Å². The third kappa shape index (κ3) is 2.70. The lowest BCUT2D eigenvalue weighted by molar-refractivity contribution is 0.705. The summed E-state index contributed by atoms with van der Waals surface area (Å²) in [5, 5.41) is 3.23. The number of hydrogen-bond donors (Lipinski definition) is 0. The average Bonchev–Trinajstić information content (AvgIpc) is 2.87.